The van der Waals surface area contributed by atoms with Gasteiger partial charge in [-0.3, -0.25) is 9.98 Å². The number of allylic oxidation sites excluding steroid dienone is 3. The van der Waals surface area contributed by atoms with Crippen molar-refractivity contribution in [3.05, 3.63) is 49.1 Å². The van der Waals surface area contributed by atoms with Crippen LogP contribution < -0.4 is 0 Å². The van der Waals surface area contributed by atoms with Gasteiger partial charge in [0.05, 0.1) is 6.21 Å². The van der Waals surface area contributed by atoms with Crippen molar-refractivity contribution in [1.29, 1.82) is 0 Å². The van der Waals surface area contributed by atoms with Crippen molar-refractivity contribution in [3.63, 3.8) is 0 Å². The first-order chi connectivity index (χ1) is 7.29. The molecule has 0 aromatic carbocycles. The smallest absolute Gasteiger partial charge is 0.138 e. The molecule has 0 aromatic rings. The minimum absolute atomic E-state index is 0.463. The molecule has 78 valence electrons. The van der Waals surface area contributed by atoms with Gasteiger partial charge in [-0.2, -0.15) is 0 Å². The molecule has 0 unspecified atom stereocenters. The van der Waals surface area contributed by atoms with E-state index in [0.29, 0.717) is 11.5 Å². The van der Waals surface area contributed by atoms with E-state index in [2.05, 4.69) is 23.1 Å². The minimum atomic E-state index is 0.463. The zero-order valence-corrected chi connectivity index (χ0v) is 8.60. The molecule has 0 aromatic heterocycles. The SMILES string of the molecule is C=C1/C=C\C=N/CC/C=C\N=C/C(=C)O1. The number of hydrogen-bond donors (Lipinski definition) is 0. The van der Waals surface area contributed by atoms with E-state index in [1.54, 1.807) is 30.8 Å². The predicted molar refractivity (Wildman–Crippen MR) is 64.1 cm³/mol. The van der Waals surface area contributed by atoms with Crippen LogP contribution in [0.25, 0.3) is 0 Å². The number of rotatable bonds is 0. The van der Waals surface area contributed by atoms with Crippen molar-refractivity contribution >= 4 is 12.4 Å². The zero-order chi connectivity index (χ0) is 10.9. The first kappa shape index (κ1) is 11.2. The third-order valence-electron chi connectivity index (χ3n) is 1.57. The Labute approximate surface area is 89.9 Å². The number of hydrogen-bond acceptors (Lipinski definition) is 3. The van der Waals surface area contributed by atoms with Crippen LogP contribution >= 0.6 is 0 Å². The normalized spacial score (nSPS) is 26.4. The highest BCUT2D eigenvalue weighted by Gasteiger charge is 1.91. The van der Waals surface area contributed by atoms with Crippen LogP contribution in [-0.4, -0.2) is 19.0 Å². The average Bonchev–Trinajstić information content (AvgIpc) is 2.21. The van der Waals surface area contributed by atoms with E-state index >= 15 is 0 Å². The van der Waals surface area contributed by atoms with Gasteiger partial charge in [0.1, 0.15) is 11.5 Å². The fourth-order valence-corrected chi connectivity index (χ4v) is 0.925. The van der Waals surface area contributed by atoms with Gasteiger partial charge in [-0.25, -0.2) is 0 Å². The number of nitrogens with zero attached hydrogens (tertiary/aromatic N) is 2. The van der Waals surface area contributed by atoms with Gasteiger partial charge in [0, 0.05) is 19.0 Å². The molecule has 0 saturated carbocycles. The first-order valence-corrected chi connectivity index (χ1v) is 4.69. The second-order valence-corrected chi connectivity index (χ2v) is 2.90. The Balaban J connectivity index is 2.68. The highest BCUT2D eigenvalue weighted by molar-refractivity contribution is 5.76. The molecule has 0 amide bonds. The van der Waals surface area contributed by atoms with Crippen LogP contribution in [0.2, 0.25) is 0 Å². The van der Waals surface area contributed by atoms with Gasteiger partial charge in [0.15, 0.2) is 0 Å². The van der Waals surface area contributed by atoms with Crippen molar-refractivity contribution in [2.45, 2.75) is 6.42 Å². The average molecular weight is 202 g/mol. The quantitative estimate of drug-likeness (QED) is 0.594. The Kier molecular flexibility index (Phi) is 4.87. The summed E-state index contributed by atoms with van der Waals surface area (Å²) in [6.07, 6.45) is 11.3. The summed E-state index contributed by atoms with van der Waals surface area (Å²) in [5.41, 5.74) is 0. The maximum absolute atomic E-state index is 5.24. The van der Waals surface area contributed by atoms with Crippen molar-refractivity contribution in [3.8, 4) is 0 Å². The molecule has 0 bridgehead atoms. The molecule has 0 atom stereocenters. The van der Waals surface area contributed by atoms with E-state index in [-0.39, 0.29) is 0 Å². The van der Waals surface area contributed by atoms with Crippen LogP contribution in [0.5, 0.6) is 0 Å². The van der Waals surface area contributed by atoms with E-state index in [9.17, 15) is 0 Å². The predicted octanol–water partition coefficient (Wildman–Crippen LogP) is 2.65. The van der Waals surface area contributed by atoms with Gasteiger partial charge >= 0.3 is 0 Å². The fraction of sp³-hybridized carbons (Fsp3) is 0.167. The van der Waals surface area contributed by atoms with Crippen LogP contribution in [0, 0.1) is 0 Å². The van der Waals surface area contributed by atoms with Crippen molar-refractivity contribution in [2.24, 2.45) is 9.98 Å². The lowest BCUT2D eigenvalue weighted by molar-refractivity contribution is 0.351. The Bertz CT molecular complexity index is 315. The Morgan fingerprint density at radius 2 is 2.13 bits per heavy atom. The minimum Gasteiger partial charge on any atom is -0.457 e. The maximum Gasteiger partial charge on any atom is 0.138 e. The van der Waals surface area contributed by atoms with Gasteiger partial charge in [0.2, 0.25) is 0 Å². The van der Waals surface area contributed by atoms with Crippen LogP contribution in [0.3, 0.4) is 0 Å². The lowest BCUT2D eigenvalue weighted by Gasteiger charge is -2.01. The van der Waals surface area contributed by atoms with Gasteiger partial charge in [-0.1, -0.05) is 19.2 Å². The summed E-state index contributed by atoms with van der Waals surface area (Å²) in [7, 11) is 0. The lowest BCUT2D eigenvalue weighted by Crippen LogP contribution is -1.89. The van der Waals surface area contributed by atoms with E-state index in [4.69, 9.17) is 4.74 Å². The van der Waals surface area contributed by atoms with Crippen LogP contribution in [0.15, 0.2) is 59.1 Å². The fourth-order valence-electron chi connectivity index (χ4n) is 0.925. The Hall–Kier alpha value is -1.90. The van der Waals surface area contributed by atoms with E-state index < -0.39 is 0 Å². The summed E-state index contributed by atoms with van der Waals surface area (Å²) >= 11 is 0. The van der Waals surface area contributed by atoms with Gasteiger partial charge in [0.25, 0.3) is 0 Å². The molecule has 0 fully saturated rings. The summed E-state index contributed by atoms with van der Waals surface area (Å²) in [5, 5.41) is 0. The summed E-state index contributed by atoms with van der Waals surface area (Å²) < 4.78 is 5.24. The molecule has 1 aliphatic heterocycles. The highest BCUT2D eigenvalue weighted by atomic mass is 16.5. The molecule has 1 aliphatic rings. The van der Waals surface area contributed by atoms with E-state index in [0.717, 1.165) is 13.0 Å². The van der Waals surface area contributed by atoms with Gasteiger partial charge in [-0.05, 0) is 18.6 Å². The molecule has 0 N–H and O–H groups in total. The largest absolute Gasteiger partial charge is 0.457 e. The van der Waals surface area contributed by atoms with E-state index in [1.807, 2.05) is 6.08 Å². The van der Waals surface area contributed by atoms with E-state index in [1.165, 1.54) is 0 Å². The second-order valence-electron chi connectivity index (χ2n) is 2.90. The molecular weight excluding hydrogens is 188 g/mol. The molecular formula is C12H14N2O. The molecule has 0 saturated heterocycles. The standard InChI is InChI=1S/C12H14N2O/c1-11-6-5-9-13-7-3-4-8-14-10-12(2)15-11/h4-6,8-10H,1-3,7H2/b6-5-,8-4-,13-9-,14-10-. The second kappa shape index (κ2) is 6.54. The van der Waals surface area contributed by atoms with Crippen molar-refractivity contribution < 1.29 is 4.74 Å². The van der Waals surface area contributed by atoms with Gasteiger partial charge in [-0.15, -0.1) is 0 Å². The zero-order valence-electron chi connectivity index (χ0n) is 8.60. The van der Waals surface area contributed by atoms with Crippen molar-refractivity contribution in [2.75, 3.05) is 6.54 Å². The molecule has 0 aliphatic carbocycles. The van der Waals surface area contributed by atoms with Crippen LogP contribution in [-0.2, 0) is 4.74 Å². The van der Waals surface area contributed by atoms with Crippen molar-refractivity contribution in [1.82, 2.24) is 0 Å². The highest BCUT2D eigenvalue weighted by Crippen LogP contribution is 2.02. The number of ether oxygens (including phenoxy) is 1. The Morgan fingerprint density at radius 1 is 1.27 bits per heavy atom. The number of aliphatic imine (C=N–C) groups is 2. The monoisotopic (exact) mass is 202 g/mol. The summed E-state index contributed by atoms with van der Waals surface area (Å²) in [6.45, 7) is 8.14. The Morgan fingerprint density at radius 3 is 3.00 bits per heavy atom. The van der Waals surface area contributed by atoms with Crippen LogP contribution in [0.1, 0.15) is 6.42 Å². The molecule has 0 radical (unpaired) electrons. The summed E-state index contributed by atoms with van der Waals surface area (Å²) in [5.74, 6) is 0.978. The third-order valence-corrected chi connectivity index (χ3v) is 1.57. The first-order valence-electron chi connectivity index (χ1n) is 4.69. The maximum atomic E-state index is 5.24. The lowest BCUT2D eigenvalue weighted by atomic mass is 10.4. The molecule has 15 heavy (non-hydrogen) atoms. The third kappa shape index (κ3) is 5.41. The van der Waals surface area contributed by atoms with Crippen LogP contribution in [0.4, 0.5) is 0 Å². The molecule has 0 spiro atoms. The summed E-state index contributed by atoms with van der Waals surface area (Å²) in [6, 6.07) is 0. The molecule has 3 heteroatoms. The topological polar surface area (TPSA) is 34.0 Å². The molecule has 3 nitrogen and oxygen atoms in total. The van der Waals surface area contributed by atoms with Gasteiger partial charge < -0.3 is 4.74 Å². The summed E-state index contributed by atoms with van der Waals surface area (Å²) in [4.78, 5) is 8.16. The molecule has 1 heterocycles. The molecule has 1 rings (SSSR count).